The predicted molar refractivity (Wildman–Crippen MR) is 207 cm³/mol. The lowest BCUT2D eigenvalue weighted by molar-refractivity contribution is 0.0913. The molecule has 0 amide bonds. The van der Waals surface area contributed by atoms with Crippen LogP contribution in [0.5, 0.6) is 5.75 Å². The number of nitrogens with one attached hydrogen (secondary N) is 2. The Morgan fingerprint density at radius 1 is 1.06 bits per heavy atom. The minimum absolute atomic E-state index is 0.135. The molecule has 0 unspecified atom stereocenters. The average Bonchev–Trinajstić information content (AvgIpc) is 3.68. The Bertz CT molecular complexity index is 2130. The van der Waals surface area contributed by atoms with Crippen molar-refractivity contribution < 1.29 is 14.0 Å². The molecule has 2 atom stereocenters. The smallest absolute Gasteiger partial charge is 0.229 e. The number of nitrogens with zero attached hydrogens (tertiary/aromatic N) is 8. The van der Waals surface area contributed by atoms with Gasteiger partial charge in [-0.05, 0) is 81.3 Å². The van der Waals surface area contributed by atoms with E-state index in [1.165, 1.54) is 0 Å². The van der Waals surface area contributed by atoms with Crippen molar-refractivity contribution in [1.82, 2.24) is 34.6 Å². The molecule has 2 aliphatic heterocycles. The highest BCUT2D eigenvalue weighted by Gasteiger charge is 2.50. The summed E-state index contributed by atoms with van der Waals surface area (Å²) in [5.41, 5.74) is 5.87. The van der Waals surface area contributed by atoms with E-state index in [9.17, 15) is 4.57 Å². The van der Waals surface area contributed by atoms with Crippen LogP contribution >= 0.6 is 23.1 Å². The van der Waals surface area contributed by atoms with E-state index in [-0.39, 0.29) is 11.5 Å². The standard InChI is InChI=1S/C36H44BrN10O3P/c1-22-33(45(2)3)36(21-50-22)10-14-47(15-11-36)29-17-30(49-5)28(16-24(29)23-18-41-46(4)20-23)43-35-40-19-25(37)34(44-35)42-27-9-8-26-31(39-13-12-38-26)32(27)51(6,7)48/h8-9,12-13,16-20,22,33H,10-11,14-15,21H2,1-7H3,(H2,40,42,43,44)/t22-,33+/m0/s1. The van der Waals surface area contributed by atoms with E-state index in [2.05, 4.69) is 89.6 Å². The van der Waals surface area contributed by atoms with Crippen LogP contribution < -0.4 is 25.6 Å². The minimum Gasteiger partial charge on any atom is -0.494 e. The highest BCUT2D eigenvalue weighted by atomic mass is 79.9. The van der Waals surface area contributed by atoms with Crippen molar-refractivity contribution >= 4 is 68.2 Å². The number of likely N-dealkylation sites (N-methyl/N-ethyl adjacent to an activating group) is 1. The van der Waals surface area contributed by atoms with Gasteiger partial charge in [0, 0.05) is 79.3 Å². The van der Waals surface area contributed by atoms with Gasteiger partial charge in [0.15, 0.2) is 0 Å². The van der Waals surface area contributed by atoms with Gasteiger partial charge in [0.1, 0.15) is 24.2 Å². The summed E-state index contributed by atoms with van der Waals surface area (Å²) in [5, 5.41) is 11.9. The molecule has 2 aromatic carbocycles. The number of methoxy groups -OCH3 is 1. The Kier molecular flexibility index (Phi) is 9.55. The SMILES string of the molecule is COc1cc(N2CCC3(CC2)CO[C@@H](C)[C@H]3N(C)C)c(-c2cnn(C)c2)cc1Nc1ncc(Br)c(Nc2ccc3nccnc3c2P(C)(C)=O)n1. The molecule has 1 spiro atoms. The zero-order valence-corrected chi connectivity index (χ0v) is 32.5. The molecule has 0 bridgehead atoms. The van der Waals surface area contributed by atoms with Gasteiger partial charge >= 0.3 is 0 Å². The summed E-state index contributed by atoms with van der Waals surface area (Å²) in [6.07, 6.45) is 11.1. The second kappa shape index (κ2) is 13.8. The second-order valence-electron chi connectivity index (χ2n) is 14.1. The molecule has 2 aliphatic rings. The van der Waals surface area contributed by atoms with Crippen molar-refractivity contribution in [2.24, 2.45) is 12.5 Å². The van der Waals surface area contributed by atoms with Crippen molar-refractivity contribution in [3.05, 3.63) is 59.7 Å². The van der Waals surface area contributed by atoms with Crippen molar-refractivity contribution in [3.63, 3.8) is 0 Å². The summed E-state index contributed by atoms with van der Waals surface area (Å²) >= 11 is 3.60. The van der Waals surface area contributed by atoms with Gasteiger partial charge in [-0.25, -0.2) is 4.98 Å². The van der Waals surface area contributed by atoms with E-state index in [1.54, 1.807) is 39.0 Å². The number of hydrogen-bond acceptors (Lipinski definition) is 12. The molecule has 2 saturated heterocycles. The maximum absolute atomic E-state index is 13.5. The van der Waals surface area contributed by atoms with Crippen LogP contribution in [0.2, 0.25) is 0 Å². The van der Waals surface area contributed by atoms with Crippen LogP contribution in [0.4, 0.5) is 28.8 Å². The van der Waals surface area contributed by atoms with Gasteiger partial charge in [0.05, 0.1) is 52.7 Å². The van der Waals surface area contributed by atoms with E-state index < -0.39 is 7.14 Å². The number of aromatic nitrogens is 6. The molecule has 0 radical (unpaired) electrons. The highest BCUT2D eigenvalue weighted by Crippen LogP contribution is 2.47. The predicted octanol–water partition coefficient (Wildman–Crippen LogP) is 6.26. The number of benzene rings is 2. The van der Waals surface area contributed by atoms with Crippen molar-refractivity contribution in [2.45, 2.75) is 31.9 Å². The molecule has 0 aliphatic carbocycles. The summed E-state index contributed by atoms with van der Waals surface area (Å²) in [6.45, 7) is 8.25. The number of ether oxygens (including phenoxy) is 2. The third kappa shape index (κ3) is 6.82. The normalized spacial score (nSPS) is 18.9. The first-order chi connectivity index (χ1) is 24.4. The van der Waals surface area contributed by atoms with Gasteiger partial charge in [-0.2, -0.15) is 10.1 Å². The van der Waals surface area contributed by atoms with Crippen molar-refractivity contribution in [2.75, 3.05) is 69.8 Å². The van der Waals surface area contributed by atoms with E-state index in [0.29, 0.717) is 55.7 Å². The van der Waals surface area contributed by atoms with Crippen LogP contribution in [0.3, 0.4) is 0 Å². The van der Waals surface area contributed by atoms with Gasteiger partial charge < -0.3 is 34.5 Å². The van der Waals surface area contributed by atoms with Gasteiger partial charge in [-0.3, -0.25) is 14.6 Å². The zero-order chi connectivity index (χ0) is 36.1. The van der Waals surface area contributed by atoms with Gasteiger partial charge in [-0.1, -0.05) is 0 Å². The Hall–Kier alpha value is -4.10. The quantitative estimate of drug-likeness (QED) is 0.164. The molecule has 3 aromatic heterocycles. The molecule has 15 heteroatoms. The van der Waals surface area contributed by atoms with Crippen LogP contribution in [0.25, 0.3) is 22.2 Å². The fourth-order valence-corrected chi connectivity index (χ4v) is 9.58. The maximum atomic E-state index is 13.5. The number of halogens is 1. The lowest BCUT2D eigenvalue weighted by atomic mass is 9.72. The first kappa shape index (κ1) is 35.3. The molecular weight excluding hydrogens is 731 g/mol. The first-order valence-electron chi connectivity index (χ1n) is 17.0. The summed E-state index contributed by atoms with van der Waals surface area (Å²) in [4.78, 5) is 23.1. The average molecular weight is 776 g/mol. The zero-order valence-electron chi connectivity index (χ0n) is 30.0. The molecular formula is C36H44BrN10O3P. The van der Waals surface area contributed by atoms with Crippen molar-refractivity contribution in [1.29, 1.82) is 0 Å². The minimum atomic E-state index is -2.77. The van der Waals surface area contributed by atoms with Crippen LogP contribution in [0.15, 0.2) is 59.7 Å². The monoisotopic (exact) mass is 774 g/mol. The van der Waals surface area contributed by atoms with E-state index in [1.807, 2.05) is 36.3 Å². The molecule has 2 N–H and O–H groups in total. The molecule has 13 nitrogen and oxygen atoms in total. The van der Waals surface area contributed by atoms with Crippen LogP contribution in [-0.4, -0.2) is 101 Å². The summed E-state index contributed by atoms with van der Waals surface area (Å²) in [7, 11) is 5.15. The van der Waals surface area contributed by atoms with E-state index >= 15 is 0 Å². The fourth-order valence-electron chi connectivity index (χ4n) is 7.89. The number of aryl methyl sites for hydroxylation is 1. The maximum Gasteiger partial charge on any atom is 0.229 e. The Morgan fingerprint density at radius 2 is 1.82 bits per heavy atom. The summed E-state index contributed by atoms with van der Waals surface area (Å²) in [5.74, 6) is 1.51. The largest absolute Gasteiger partial charge is 0.494 e. The third-order valence-corrected chi connectivity index (χ3v) is 12.2. The molecule has 268 valence electrons. The Morgan fingerprint density at radius 3 is 2.51 bits per heavy atom. The van der Waals surface area contributed by atoms with Gasteiger partial charge in [0.2, 0.25) is 5.95 Å². The van der Waals surface area contributed by atoms with Crippen molar-refractivity contribution in [3.8, 4) is 16.9 Å². The highest BCUT2D eigenvalue weighted by molar-refractivity contribution is 9.10. The van der Waals surface area contributed by atoms with E-state index in [4.69, 9.17) is 14.5 Å². The molecule has 0 saturated carbocycles. The number of anilines is 5. The van der Waals surface area contributed by atoms with Gasteiger partial charge in [0.25, 0.3) is 0 Å². The molecule has 5 aromatic rings. The van der Waals surface area contributed by atoms with Crippen LogP contribution in [0, 0.1) is 5.41 Å². The Balaban J connectivity index is 1.21. The molecule has 7 rings (SSSR count). The number of fused-ring (bicyclic) bond motifs is 1. The number of rotatable bonds is 9. The van der Waals surface area contributed by atoms with Crippen LogP contribution in [-0.2, 0) is 16.3 Å². The summed E-state index contributed by atoms with van der Waals surface area (Å²) < 4.78 is 28.2. The lowest BCUT2D eigenvalue weighted by Gasteiger charge is -2.45. The first-order valence-corrected chi connectivity index (χ1v) is 20.4. The molecule has 5 heterocycles. The van der Waals surface area contributed by atoms with E-state index in [0.717, 1.165) is 49.4 Å². The number of hydrogen-bond donors (Lipinski definition) is 2. The van der Waals surface area contributed by atoms with Gasteiger partial charge in [-0.15, -0.1) is 0 Å². The third-order valence-electron chi connectivity index (χ3n) is 10.1. The second-order valence-corrected chi connectivity index (χ2v) is 18.1. The summed E-state index contributed by atoms with van der Waals surface area (Å²) in [6, 6.07) is 8.29. The lowest BCUT2D eigenvalue weighted by Crippen LogP contribution is -2.52. The molecule has 2 fully saturated rings. The number of piperidine rings is 1. The topological polar surface area (TPSA) is 135 Å². The Labute approximate surface area is 306 Å². The fraction of sp³-hybridized carbons (Fsp3) is 0.417. The van der Waals surface area contributed by atoms with Crippen LogP contribution in [0.1, 0.15) is 19.8 Å². The molecule has 51 heavy (non-hydrogen) atoms.